The number of aryl methyl sites for hydroxylation is 1. The molecule has 0 N–H and O–H groups in total. The molecular formula is C20H15FN2. The summed E-state index contributed by atoms with van der Waals surface area (Å²) in [5.41, 5.74) is 3.61. The fourth-order valence-corrected chi connectivity index (χ4v) is 2.56. The number of halogens is 1. The van der Waals surface area contributed by atoms with Gasteiger partial charge in [-0.2, -0.15) is 5.26 Å². The molecule has 3 heteroatoms. The maximum absolute atomic E-state index is 13.9. The normalized spacial score (nSPS) is 11.3. The van der Waals surface area contributed by atoms with Crippen LogP contribution in [0.4, 0.5) is 4.39 Å². The predicted octanol–water partition coefficient (Wildman–Crippen LogP) is 4.99. The molecule has 2 nitrogen and oxygen atoms in total. The average Bonchev–Trinajstić information content (AvgIpc) is 3.02. The van der Waals surface area contributed by atoms with Crippen LogP contribution in [0.25, 0.3) is 17.3 Å². The van der Waals surface area contributed by atoms with E-state index in [-0.39, 0.29) is 0 Å². The van der Waals surface area contributed by atoms with Crippen LogP contribution >= 0.6 is 0 Å². The number of nitrogens with zero attached hydrogens (tertiary/aromatic N) is 2. The molecule has 0 atom stereocenters. The molecule has 0 saturated carbocycles. The lowest BCUT2D eigenvalue weighted by Crippen LogP contribution is -1.98. The molecule has 0 spiro atoms. The van der Waals surface area contributed by atoms with Crippen LogP contribution in [0.3, 0.4) is 0 Å². The lowest BCUT2D eigenvalue weighted by molar-refractivity contribution is 0.624. The Hall–Kier alpha value is -3.12. The van der Waals surface area contributed by atoms with E-state index in [1.165, 1.54) is 6.07 Å². The van der Waals surface area contributed by atoms with Crippen LogP contribution in [0, 0.1) is 24.1 Å². The molecular weight excluding hydrogens is 287 g/mol. The number of hydrogen-bond acceptors (Lipinski definition) is 1. The largest absolute Gasteiger partial charge is 0.317 e. The first-order valence-corrected chi connectivity index (χ1v) is 7.31. The maximum Gasteiger partial charge on any atom is 0.131 e. The van der Waals surface area contributed by atoms with Crippen molar-refractivity contribution in [3.05, 3.63) is 89.5 Å². The standard InChI is InChI=1S/C20H15FN2/c1-15-7-2-5-11-20(15)23-12-6-8-17(23)13-16(14-22)18-9-3-4-10-19(18)21/h2-13H,1H3. The zero-order valence-corrected chi connectivity index (χ0v) is 12.7. The van der Waals surface area contributed by atoms with Gasteiger partial charge >= 0.3 is 0 Å². The van der Waals surface area contributed by atoms with E-state index >= 15 is 0 Å². The number of benzene rings is 2. The Bertz CT molecular complexity index is 913. The fraction of sp³-hybridized carbons (Fsp3) is 0.0500. The first-order valence-electron chi connectivity index (χ1n) is 7.31. The molecule has 0 bridgehead atoms. The molecule has 3 rings (SSSR count). The highest BCUT2D eigenvalue weighted by Crippen LogP contribution is 2.23. The first kappa shape index (κ1) is 14.8. The molecule has 0 unspecified atom stereocenters. The molecule has 112 valence electrons. The molecule has 0 fully saturated rings. The van der Waals surface area contributed by atoms with Gasteiger partial charge in [-0.05, 0) is 42.8 Å². The topological polar surface area (TPSA) is 28.7 Å². The van der Waals surface area contributed by atoms with Crippen molar-refractivity contribution in [2.24, 2.45) is 0 Å². The van der Waals surface area contributed by atoms with Crippen LogP contribution in [0.5, 0.6) is 0 Å². The van der Waals surface area contributed by atoms with Gasteiger partial charge in [0.25, 0.3) is 0 Å². The minimum atomic E-state index is -0.394. The summed E-state index contributed by atoms with van der Waals surface area (Å²) < 4.78 is 15.9. The van der Waals surface area contributed by atoms with Crippen molar-refractivity contribution in [1.82, 2.24) is 4.57 Å². The summed E-state index contributed by atoms with van der Waals surface area (Å²) in [6.45, 7) is 2.03. The van der Waals surface area contributed by atoms with Crippen LogP contribution in [-0.4, -0.2) is 4.57 Å². The highest BCUT2D eigenvalue weighted by molar-refractivity contribution is 5.89. The van der Waals surface area contributed by atoms with E-state index in [1.54, 1.807) is 24.3 Å². The van der Waals surface area contributed by atoms with Gasteiger partial charge in [0, 0.05) is 23.1 Å². The third kappa shape index (κ3) is 2.93. The monoisotopic (exact) mass is 302 g/mol. The van der Waals surface area contributed by atoms with Crippen molar-refractivity contribution in [3.63, 3.8) is 0 Å². The Morgan fingerprint density at radius 1 is 1.04 bits per heavy atom. The minimum absolute atomic E-state index is 0.302. The molecule has 0 aliphatic heterocycles. The Labute approximate surface area is 134 Å². The van der Waals surface area contributed by atoms with E-state index in [2.05, 4.69) is 6.07 Å². The van der Waals surface area contributed by atoms with Crippen molar-refractivity contribution in [1.29, 1.82) is 5.26 Å². The van der Waals surface area contributed by atoms with Crippen LogP contribution in [0.2, 0.25) is 0 Å². The van der Waals surface area contributed by atoms with E-state index in [0.29, 0.717) is 11.1 Å². The van der Waals surface area contributed by atoms with Gasteiger partial charge < -0.3 is 4.57 Å². The van der Waals surface area contributed by atoms with Crippen LogP contribution in [0.15, 0.2) is 66.9 Å². The predicted molar refractivity (Wildman–Crippen MR) is 90.4 cm³/mol. The molecule has 1 aromatic heterocycles. The third-order valence-electron chi connectivity index (χ3n) is 3.73. The van der Waals surface area contributed by atoms with E-state index < -0.39 is 5.82 Å². The number of nitriles is 1. The number of aromatic nitrogens is 1. The summed E-state index contributed by atoms with van der Waals surface area (Å²) in [5, 5.41) is 9.42. The van der Waals surface area contributed by atoms with Crippen molar-refractivity contribution >= 4 is 11.6 Å². The Morgan fingerprint density at radius 2 is 1.78 bits per heavy atom. The summed E-state index contributed by atoms with van der Waals surface area (Å²) in [6.07, 6.45) is 3.65. The highest BCUT2D eigenvalue weighted by atomic mass is 19.1. The molecule has 2 aromatic carbocycles. The average molecular weight is 302 g/mol. The van der Waals surface area contributed by atoms with Crippen molar-refractivity contribution in [2.45, 2.75) is 6.92 Å². The van der Waals surface area contributed by atoms with E-state index in [1.807, 2.05) is 54.1 Å². The summed E-state index contributed by atoms with van der Waals surface area (Å²) in [5.74, 6) is -0.394. The Morgan fingerprint density at radius 3 is 2.52 bits per heavy atom. The molecule has 1 heterocycles. The summed E-state index contributed by atoms with van der Waals surface area (Å²) in [6, 6.07) is 20.2. The van der Waals surface area contributed by atoms with Crippen molar-refractivity contribution < 1.29 is 4.39 Å². The molecule has 0 aliphatic carbocycles. The zero-order valence-electron chi connectivity index (χ0n) is 12.7. The molecule has 0 aliphatic rings. The highest BCUT2D eigenvalue weighted by Gasteiger charge is 2.09. The van der Waals surface area contributed by atoms with Crippen molar-refractivity contribution in [3.8, 4) is 11.8 Å². The minimum Gasteiger partial charge on any atom is -0.317 e. The number of rotatable bonds is 3. The lowest BCUT2D eigenvalue weighted by Gasteiger charge is -2.10. The van der Waals surface area contributed by atoms with Gasteiger partial charge in [0.1, 0.15) is 5.82 Å². The second-order valence-electron chi connectivity index (χ2n) is 5.24. The van der Waals surface area contributed by atoms with Crippen LogP contribution in [-0.2, 0) is 0 Å². The number of hydrogen-bond donors (Lipinski definition) is 0. The molecule has 0 saturated heterocycles. The second-order valence-corrected chi connectivity index (χ2v) is 5.24. The quantitative estimate of drug-likeness (QED) is 0.627. The summed E-state index contributed by atoms with van der Waals surface area (Å²) >= 11 is 0. The first-order chi connectivity index (χ1) is 11.2. The van der Waals surface area contributed by atoms with Crippen LogP contribution < -0.4 is 0 Å². The summed E-state index contributed by atoms with van der Waals surface area (Å²) in [4.78, 5) is 0. The summed E-state index contributed by atoms with van der Waals surface area (Å²) in [7, 11) is 0. The second kappa shape index (κ2) is 6.33. The SMILES string of the molecule is Cc1ccccc1-n1cccc1C=C(C#N)c1ccccc1F. The molecule has 0 radical (unpaired) electrons. The maximum atomic E-state index is 13.9. The van der Waals surface area contributed by atoms with E-state index in [0.717, 1.165) is 16.9 Å². The van der Waals surface area contributed by atoms with Gasteiger partial charge in [-0.3, -0.25) is 0 Å². The Balaban J connectivity index is 2.11. The van der Waals surface area contributed by atoms with Gasteiger partial charge in [-0.25, -0.2) is 4.39 Å². The Kier molecular flexibility index (Phi) is 4.07. The van der Waals surface area contributed by atoms with Crippen LogP contribution in [0.1, 0.15) is 16.8 Å². The number of para-hydroxylation sites is 1. The van der Waals surface area contributed by atoms with E-state index in [4.69, 9.17) is 0 Å². The van der Waals surface area contributed by atoms with Crippen molar-refractivity contribution in [2.75, 3.05) is 0 Å². The lowest BCUT2D eigenvalue weighted by atomic mass is 10.1. The van der Waals surface area contributed by atoms with Gasteiger partial charge in [0.2, 0.25) is 0 Å². The van der Waals surface area contributed by atoms with Gasteiger partial charge in [0.05, 0.1) is 11.6 Å². The van der Waals surface area contributed by atoms with Gasteiger partial charge in [-0.1, -0.05) is 36.4 Å². The smallest absolute Gasteiger partial charge is 0.131 e. The number of allylic oxidation sites excluding steroid dienone is 1. The molecule has 3 aromatic rings. The molecule has 0 amide bonds. The molecule has 23 heavy (non-hydrogen) atoms. The van der Waals surface area contributed by atoms with Gasteiger partial charge in [0.15, 0.2) is 0 Å². The zero-order chi connectivity index (χ0) is 16.2. The van der Waals surface area contributed by atoms with E-state index in [9.17, 15) is 9.65 Å². The van der Waals surface area contributed by atoms with Gasteiger partial charge in [-0.15, -0.1) is 0 Å². The third-order valence-corrected chi connectivity index (χ3v) is 3.73. The fourth-order valence-electron chi connectivity index (χ4n) is 2.56.